The first kappa shape index (κ1) is 30.1. The number of fused-ring (bicyclic) bond motifs is 2. The molecule has 1 aromatic heterocycles. The fourth-order valence-electron chi connectivity index (χ4n) is 6.28. The van der Waals surface area contributed by atoms with Crippen LogP contribution in [0.1, 0.15) is 78.9 Å². The van der Waals surface area contributed by atoms with Crippen LogP contribution in [0.4, 0.5) is 8.78 Å². The van der Waals surface area contributed by atoms with Gasteiger partial charge in [-0.15, -0.1) is 0 Å². The van der Waals surface area contributed by atoms with Crippen LogP contribution >= 0.6 is 0 Å². The number of hydrogen-bond donors (Lipinski definition) is 1. The zero-order chi connectivity index (χ0) is 30.2. The first-order valence-electron chi connectivity index (χ1n) is 14.8. The molecule has 2 aliphatic heterocycles. The number of aryl methyl sites for hydroxylation is 2. The summed E-state index contributed by atoms with van der Waals surface area (Å²) in [4.78, 5) is 19.9. The number of halogens is 2. The van der Waals surface area contributed by atoms with E-state index in [4.69, 9.17) is 14.5 Å². The number of carboxylic acids is 1. The second-order valence-corrected chi connectivity index (χ2v) is 12.4. The number of ether oxygens (including phenoxy) is 2. The first-order chi connectivity index (χ1) is 19.9. The van der Waals surface area contributed by atoms with E-state index in [9.17, 15) is 14.3 Å². The summed E-state index contributed by atoms with van der Waals surface area (Å²) in [6.07, 6.45) is 2.26. The number of nitrogens with zero attached hydrogens (tertiary/aromatic N) is 2. The van der Waals surface area contributed by atoms with Gasteiger partial charge in [0.15, 0.2) is 17.7 Å². The molecule has 0 fully saturated rings. The zero-order valence-electron chi connectivity index (χ0n) is 25.2. The lowest BCUT2D eigenvalue weighted by Gasteiger charge is -2.34. The van der Waals surface area contributed by atoms with Crippen molar-refractivity contribution in [2.45, 2.75) is 85.0 Å². The van der Waals surface area contributed by atoms with E-state index in [0.717, 1.165) is 48.3 Å². The number of aromatic nitrogens is 1. The third kappa shape index (κ3) is 6.20. The van der Waals surface area contributed by atoms with Gasteiger partial charge in [0.25, 0.3) is 0 Å². The molecule has 2 aromatic carbocycles. The number of benzene rings is 2. The number of carboxylic acid groups (broad SMARTS) is 1. The van der Waals surface area contributed by atoms with Crippen molar-refractivity contribution >= 4 is 5.97 Å². The molecular formula is C34H40F2N2O4. The Labute approximate surface area is 246 Å². The van der Waals surface area contributed by atoms with Gasteiger partial charge in [0.1, 0.15) is 5.82 Å². The normalized spacial score (nSPS) is 16.0. The minimum Gasteiger partial charge on any atom is -0.490 e. The van der Waals surface area contributed by atoms with Crippen molar-refractivity contribution in [1.82, 2.24) is 9.88 Å². The topological polar surface area (TPSA) is 71.9 Å². The van der Waals surface area contributed by atoms with Crippen molar-refractivity contribution in [1.29, 1.82) is 0 Å². The number of aliphatic carboxylic acids is 1. The molecule has 1 atom stereocenters. The highest BCUT2D eigenvalue weighted by Gasteiger charge is 2.36. The molecule has 0 radical (unpaired) electrons. The summed E-state index contributed by atoms with van der Waals surface area (Å²) in [7, 11) is 0. The summed E-state index contributed by atoms with van der Waals surface area (Å²) in [5.74, 6) is -1.46. The lowest BCUT2D eigenvalue weighted by Crippen LogP contribution is -2.34. The number of hydrogen-bond acceptors (Lipinski definition) is 5. The Hall–Kier alpha value is -3.36. The Morgan fingerprint density at radius 3 is 2.62 bits per heavy atom. The maximum absolute atomic E-state index is 15.6. The Kier molecular flexibility index (Phi) is 8.67. The maximum Gasteiger partial charge on any atom is 0.337 e. The highest BCUT2D eigenvalue weighted by atomic mass is 19.1. The van der Waals surface area contributed by atoms with Crippen molar-refractivity contribution in [2.24, 2.45) is 0 Å². The fourth-order valence-corrected chi connectivity index (χ4v) is 6.28. The standard InChI is InChI=1S/C34H40F2N2O4/c1-20-23-12-9-17-41-31(23)27(36)18-24(20)30-25-19-38(15-8-11-22-10-6-7-13-26(22)35)16-14-28(25)37-21(2)29(30)32(33(39)40)42-34(3,4)5/h6-7,10,13,18,32H,8-9,11-12,14-17,19H2,1-5H3,(H,39,40)/t32-/m0/s1. The molecule has 224 valence electrons. The van der Waals surface area contributed by atoms with E-state index in [2.05, 4.69) is 4.90 Å². The Bertz CT molecular complexity index is 1500. The summed E-state index contributed by atoms with van der Waals surface area (Å²) >= 11 is 0. The Balaban J connectivity index is 1.61. The Morgan fingerprint density at radius 2 is 1.90 bits per heavy atom. The first-order valence-corrected chi connectivity index (χ1v) is 14.8. The van der Waals surface area contributed by atoms with Gasteiger partial charge in [0.05, 0.1) is 12.2 Å². The lowest BCUT2D eigenvalue weighted by molar-refractivity contribution is -0.160. The van der Waals surface area contributed by atoms with Crippen LogP contribution < -0.4 is 4.74 Å². The number of pyridine rings is 1. The van der Waals surface area contributed by atoms with Crippen molar-refractivity contribution in [3.05, 3.63) is 81.2 Å². The lowest BCUT2D eigenvalue weighted by atomic mass is 9.83. The van der Waals surface area contributed by atoms with E-state index >= 15 is 4.39 Å². The quantitative estimate of drug-likeness (QED) is 0.314. The monoisotopic (exact) mass is 578 g/mol. The zero-order valence-corrected chi connectivity index (χ0v) is 25.2. The second kappa shape index (κ2) is 12.1. The van der Waals surface area contributed by atoms with Gasteiger partial charge in [-0.05, 0) is 107 Å². The van der Waals surface area contributed by atoms with Gasteiger partial charge in [0, 0.05) is 42.0 Å². The molecule has 0 saturated carbocycles. The predicted octanol–water partition coefficient (Wildman–Crippen LogP) is 6.90. The molecule has 0 aliphatic carbocycles. The third-order valence-corrected chi connectivity index (χ3v) is 8.20. The van der Waals surface area contributed by atoms with Crippen LogP contribution in [0.3, 0.4) is 0 Å². The molecule has 0 bridgehead atoms. The van der Waals surface area contributed by atoms with Gasteiger partial charge < -0.3 is 14.6 Å². The predicted molar refractivity (Wildman–Crippen MR) is 158 cm³/mol. The average molecular weight is 579 g/mol. The van der Waals surface area contributed by atoms with E-state index in [0.29, 0.717) is 66.1 Å². The molecule has 1 N–H and O–H groups in total. The van der Waals surface area contributed by atoms with E-state index in [1.54, 1.807) is 6.07 Å². The van der Waals surface area contributed by atoms with Crippen LogP contribution in [0.25, 0.3) is 11.1 Å². The SMILES string of the molecule is Cc1nc2c(c(-c3cc(F)c4c(c3C)CCCO4)c1[C@H](OC(C)(C)C)C(=O)O)CN(CCCc1ccccc1F)CC2. The second-order valence-electron chi connectivity index (χ2n) is 12.4. The van der Waals surface area contributed by atoms with Crippen LogP contribution in [0.5, 0.6) is 5.75 Å². The highest BCUT2D eigenvalue weighted by Crippen LogP contribution is 2.44. The third-order valence-electron chi connectivity index (χ3n) is 8.20. The summed E-state index contributed by atoms with van der Waals surface area (Å²) in [5.41, 5.74) is 5.84. The molecule has 0 saturated heterocycles. The average Bonchev–Trinajstić information content (AvgIpc) is 2.94. The van der Waals surface area contributed by atoms with Crippen LogP contribution in [-0.2, 0) is 35.3 Å². The van der Waals surface area contributed by atoms with Gasteiger partial charge in [-0.2, -0.15) is 0 Å². The van der Waals surface area contributed by atoms with E-state index in [-0.39, 0.29) is 5.82 Å². The van der Waals surface area contributed by atoms with E-state index in [1.807, 2.05) is 46.8 Å². The van der Waals surface area contributed by atoms with Crippen LogP contribution in [0.15, 0.2) is 30.3 Å². The van der Waals surface area contributed by atoms with Gasteiger partial charge in [0.2, 0.25) is 0 Å². The van der Waals surface area contributed by atoms with Crippen molar-refractivity contribution in [2.75, 3.05) is 19.7 Å². The molecule has 5 rings (SSSR count). The van der Waals surface area contributed by atoms with Crippen molar-refractivity contribution in [3.63, 3.8) is 0 Å². The summed E-state index contributed by atoms with van der Waals surface area (Å²) in [5, 5.41) is 10.4. The molecule has 0 spiro atoms. The molecule has 8 heteroatoms. The van der Waals surface area contributed by atoms with Crippen LogP contribution in [0.2, 0.25) is 0 Å². The smallest absolute Gasteiger partial charge is 0.337 e. The summed E-state index contributed by atoms with van der Waals surface area (Å²) in [6.45, 7) is 11.8. The van der Waals surface area contributed by atoms with Crippen molar-refractivity contribution < 1.29 is 28.2 Å². The largest absolute Gasteiger partial charge is 0.490 e. The van der Waals surface area contributed by atoms with Crippen LogP contribution in [-0.4, -0.2) is 46.3 Å². The summed E-state index contributed by atoms with van der Waals surface area (Å²) < 4.78 is 41.7. The molecular weight excluding hydrogens is 538 g/mol. The minimum atomic E-state index is -1.29. The Morgan fingerprint density at radius 1 is 1.14 bits per heavy atom. The molecule has 3 aromatic rings. The summed E-state index contributed by atoms with van der Waals surface area (Å²) in [6, 6.07) is 8.33. The number of carbonyl (C=O) groups is 1. The van der Waals surface area contributed by atoms with Gasteiger partial charge in [-0.1, -0.05) is 18.2 Å². The molecule has 0 amide bonds. The van der Waals surface area contributed by atoms with Gasteiger partial charge in [-0.25, -0.2) is 13.6 Å². The van der Waals surface area contributed by atoms with Crippen LogP contribution in [0, 0.1) is 25.5 Å². The van der Waals surface area contributed by atoms with E-state index < -0.39 is 23.5 Å². The molecule has 42 heavy (non-hydrogen) atoms. The molecule has 2 aliphatic rings. The van der Waals surface area contributed by atoms with Gasteiger partial charge >= 0.3 is 5.97 Å². The highest BCUT2D eigenvalue weighted by molar-refractivity contribution is 5.84. The molecule has 0 unspecified atom stereocenters. The van der Waals surface area contributed by atoms with Gasteiger partial charge in [-0.3, -0.25) is 9.88 Å². The molecule has 6 nitrogen and oxygen atoms in total. The van der Waals surface area contributed by atoms with E-state index in [1.165, 1.54) is 12.1 Å². The minimum absolute atomic E-state index is 0.194. The maximum atomic E-state index is 15.6. The fraction of sp³-hybridized carbons (Fsp3) is 0.471. The molecule has 3 heterocycles. The number of rotatable bonds is 8. The van der Waals surface area contributed by atoms with Crippen molar-refractivity contribution in [3.8, 4) is 16.9 Å².